The molecule has 0 aliphatic carbocycles. The molecule has 0 heterocycles. The topological polar surface area (TPSA) is 21.3 Å². The van der Waals surface area contributed by atoms with Crippen LogP contribution in [0.3, 0.4) is 0 Å². The minimum Gasteiger partial charge on any atom is -0.497 e. The number of methoxy groups -OCH3 is 1. The zero-order chi connectivity index (χ0) is 15.1. The van der Waals surface area contributed by atoms with E-state index in [1.165, 1.54) is 11.6 Å². The van der Waals surface area contributed by atoms with Crippen molar-refractivity contribution in [2.24, 2.45) is 0 Å². The van der Waals surface area contributed by atoms with Crippen LogP contribution in [0.1, 0.15) is 30.5 Å². The summed E-state index contributed by atoms with van der Waals surface area (Å²) in [5.74, 6) is 0.714. The average Bonchev–Trinajstić information content (AvgIpc) is 2.51. The van der Waals surface area contributed by atoms with Crippen molar-refractivity contribution in [1.29, 1.82) is 0 Å². The second kappa shape index (κ2) is 7.79. The summed E-state index contributed by atoms with van der Waals surface area (Å²) in [6.45, 7) is 3.03. The Kier molecular flexibility index (Phi) is 5.76. The molecule has 2 aromatic rings. The highest BCUT2D eigenvalue weighted by atomic mass is 19.1. The van der Waals surface area contributed by atoms with Gasteiger partial charge in [-0.1, -0.05) is 24.3 Å². The Morgan fingerprint density at radius 1 is 1.14 bits per heavy atom. The lowest BCUT2D eigenvalue weighted by Gasteiger charge is -2.15. The maximum Gasteiger partial charge on any atom is 0.123 e. The van der Waals surface area contributed by atoms with Gasteiger partial charge in [0.15, 0.2) is 0 Å². The third-order valence-electron chi connectivity index (χ3n) is 3.58. The average molecular weight is 287 g/mol. The Labute approximate surface area is 126 Å². The van der Waals surface area contributed by atoms with Gasteiger partial charge in [0.05, 0.1) is 7.11 Å². The number of halogens is 1. The highest BCUT2D eigenvalue weighted by Gasteiger charge is 2.05. The van der Waals surface area contributed by atoms with E-state index in [0.29, 0.717) is 0 Å². The minimum atomic E-state index is -0.162. The first-order valence-electron chi connectivity index (χ1n) is 7.31. The van der Waals surface area contributed by atoms with Gasteiger partial charge in [0.2, 0.25) is 0 Å². The van der Waals surface area contributed by atoms with Crippen molar-refractivity contribution < 1.29 is 9.13 Å². The maximum atomic E-state index is 13.1. The Morgan fingerprint density at radius 2 is 1.95 bits per heavy atom. The van der Waals surface area contributed by atoms with Gasteiger partial charge in [0.25, 0.3) is 0 Å². The molecule has 2 rings (SSSR count). The highest BCUT2D eigenvalue weighted by Crippen LogP contribution is 2.18. The molecule has 1 unspecified atom stereocenters. The van der Waals surface area contributed by atoms with Gasteiger partial charge in [0.1, 0.15) is 11.6 Å². The van der Waals surface area contributed by atoms with Crippen molar-refractivity contribution in [3.05, 3.63) is 65.5 Å². The van der Waals surface area contributed by atoms with E-state index in [9.17, 15) is 4.39 Å². The Bertz CT molecular complexity index is 571. The highest BCUT2D eigenvalue weighted by molar-refractivity contribution is 5.30. The first kappa shape index (κ1) is 15.5. The van der Waals surface area contributed by atoms with Crippen molar-refractivity contribution >= 4 is 0 Å². The summed E-state index contributed by atoms with van der Waals surface area (Å²) in [5, 5.41) is 3.49. The third kappa shape index (κ3) is 4.87. The molecule has 0 spiro atoms. The molecule has 0 saturated carbocycles. The maximum absolute atomic E-state index is 13.1. The molecule has 0 amide bonds. The molecule has 2 aromatic carbocycles. The summed E-state index contributed by atoms with van der Waals surface area (Å²) < 4.78 is 18.3. The smallest absolute Gasteiger partial charge is 0.123 e. The zero-order valence-electron chi connectivity index (χ0n) is 12.6. The quantitative estimate of drug-likeness (QED) is 0.774. The van der Waals surface area contributed by atoms with Crippen LogP contribution in [0.2, 0.25) is 0 Å². The molecular formula is C18H22FNO. The molecule has 1 atom stereocenters. The van der Waals surface area contributed by atoms with Crippen LogP contribution in [0.5, 0.6) is 5.75 Å². The van der Waals surface area contributed by atoms with Crippen LogP contribution in [0.25, 0.3) is 0 Å². The van der Waals surface area contributed by atoms with E-state index >= 15 is 0 Å². The van der Waals surface area contributed by atoms with E-state index in [4.69, 9.17) is 4.74 Å². The van der Waals surface area contributed by atoms with Gasteiger partial charge in [0, 0.05) is 6.04 Å². The second-order valence-electron chi connectivity index (χ2n) is 5.19. The number of aryl methyl sites for hydroxylation is 1. The van der Waals surface area contributed by atoms with Crippen LogP contribution >= 0.6 is 0 Å². The molecule has 2 nitrogen and oxygen atoms in total. The first-order chi connectivity index (χ1) is 10.2. The van der Waals surface area contributed by atoms with Gasteiger partial charge in [-0.2, -0.15) is 0 Å². The number of nitrogens with one attached hydrogen (secondary N) is 1. The predicted octanol–water partition coefficient (Wildman–Crippen LogP) is 4.12. The van der Waals surface area contributed by atoms with E-state index < -0.39 is 0 Å². The van der Waals surface area contributed by atoms with Crippen LogP contribution in [0.15, 0.2) is 48.5 Å². The fourth-order valence-electron chi connectivity index (χ4n) is 2.33. The van der Waals surface area contributed by atoms with Gasteiger partial charge in [-0.15, -0.1) is 0 Å². The Balaban J connectivity index is 1.77. The van der Waals surface area contributed by atoms with Gasteiger partial charge in [-0.3, -0.25) is 0 Å². The molecule has 0 saturated heterocycles. The van der Waals surface area contributed by atoms with Crippen LogP contribution in [0.4, 0.5) is 4.39 Å². The molecular weight excluding hydrogens is 265 g/mol. The van der Waals surface area contributed by atoms with E-state index in [-0.39, 0.29) is 11.9 Å². The zero-order valence-corrected chi connectivity index (χ0v) is 12.6. The number of ether oxygens (including phenoxy) is 1. The van der Waals surface area contributed by atoms with E-state index in [0.717, 1.165) is 30.7 Å². The second-order valence-corrected chi connectivity index (χ2v) is 5.19. The summed E-state index contributed by atoms with van der Waals surface area (Å²) in [6, 6.07) is 15.2. The number of rotatable bonds is 7. The molecule has 3 heteroatoms. The summed E-state index contributed by atoms with van der Waals surface area (Å²) >= 11 is 0. The Hall–Kier alpha value is -1.87. The van der Waals surface area contributed by atoms with Gasteiger partial charge < -0.3 is 10.1 Å². The predicted molar refractivity (Wildman–Crippen MR) is 84.1 cm³/mol. The molecule has 0 aromatic heterocycles. The third-order valence-corrected chi connectivity index (χ3v) is 3.58. The first-order valence-corrected chi connectivity index (χ1v) is 7.31. The van der Waals surface area contributed by atoms with Crippen LogP contribution < -0.4 is 10.1 Å². The number of benzene rings is 2. The standard InChI is InChI=1S/C18H22FNO/c1-14(16-8-4-10-18(13-16)21-2)20-11-5-7-15-6-3-9-17(19)12-15/h3-4,6,8-10,12-14,20H,5,7,11H2,1-2H3. The number of hydrogen-bond donors (Lipinski definition) is 1. The normalized spacial score (nSPS) is 12.1. The Morgan fingerprint density at radius 3 is 2.71 bits per heavy atom. The summed E-state index contributed by atoms with van der Waals surface area (Å²) in [4.78, 5) is 0. The largest absolute Gasteiger partial charge is 0.497 e. The molecule has 21 heavy (non-hydrogen) atoms. The van der Waals surface area contributed by atoms with Crippen LogP contribution in [-0.2, 0) is 6.42 Å². The lowest BCUT2D eigenvalue weighted by atomic mass is 10.1. The monoisotopic (exact) mass is 287 g/mol. The molecule has 0 aliphatic heterocycles. The van der Waals surface area contributed by atoms with Crippen LogP contribution in [0, 0.1) is 5.82 Å². The fraction of sp³-hybridized carbons (Fsp3) is 0.333. The van der Waals surface area contributed by atoms with Gasteiger partial charge in [-0.25, -0.2) is 4.39 Å². The van der Waals surface area contributed by atoms with E-state index in [1.807, 2.05) is 24.3 Å². The molecule has 0 aliphatic rings. The molecule has 0 bridgehead atoms. The van der Waals surface area contributed by atoms with Gasteiger partial charge in [-0.05, 0) is 61.7 Å². The molecule has 1 N–H and O–H groups in total. The molecule has 112 valence electrons. The molecule has 0 radical (unpaired) electrons. The summed E-state index contributed by atoms with van der Waals surface area (Å²) in [6.07, 6.45) is 1.87. The van der Waals surface area contributed by atoms with Crippen molar-refractivity contribution in [3.63, 3.8) is 0 Å². The lowest BCUT2D eigenvalue weighted by molar-refractivity contribution is 0.413. The number of hydrogen-bond acceptors (Lipinski definition) is 2. The van der Waals surface area contributed by atoms with Crippen molar-refractivity contribution in [3.8, 4) is 5.75 Å². The van der Waals surface area contributed by atoms with Crippen molar-refractivity contribution in [2.75, 3.05) is 13.7 Å². The lowest BCUT2D eigenvalue weighted by Crippen LogP contribution is -2.20. The van der Waals surface area contributed by atoms with E-state index in [1.54, 1.807) is 19.2 Å². The van der Waals surface area contributed by atoms with E-state index in [2.05, 4.69) is 18.3 Å². The summed E-state index contributed by atoms with van der Waals surface area (Å²) in [7, 11) is 1.68. The van der Waals surface area contributed by atoms with Gasteiger partial charge >= 0.3 is 0 Å². The fourth-order valence-corrected chi connectivity index (χ4v) is 2.33. The molecule has 0 fully saturated rings. The van der Waals surface area contributed by atoms with Crippen molar-refractivity contribution in [1.82, 2.24) is 5.32 Å². The van der Waals surface area contributed by atoms with Crippen LogP contribution in [-0.4, -0.2) is 13.7 Å². The summed E-state index contributed by atoms with van der Waals surface area (Å²) in [5.41, 5.74) is 2.26. The SMILES string of the molecule is COc1cccc(C(C)NCCCc2cccc(F)c2)c1. The van der Waals surface area contributed by atoms with Crippen molar-refractivity contribution in [2.45, 2.75) is 25.8 Å². The minimum absolute atomic E-state index is 0.162.